The van der Waals surface area contributed by atoms with E-state index < -0.39 is 16.2 Å². The molecule has 0 aliphatic heterocycles. The Morgan fingerprint density at radius 2 is 1.48 bits per heavy atom. The van der Waals surface area contributed by atoms with E-state index in [0.29, 0.717) is 11.8 Å². The molecule has 0 N–H and O–H groups in total. The van der Waals surface area contributed by atoms with Crippen LogP contribution in [0.1, 0.15) is 69.1 Å². The van der Waals surface area contributed by atoms with Gasteiger partial charge in [-0.25, -0.2) is 0 Å². The number of ether oxygens (including phenoxy) is 1. The zero-order valence-electron chi connectivity index (χ0n) is 18.2. The summed E-state index contributed by atoms with van der Waals surface area (Å²) < 4.78 is 34.9. The largest absolute Gasteiger partial charge is 0.382 e. The molecule has 2 aromatic carbocycles. The molecular weight excluding hydrogens is 384 g/mol. The third-order valence-corrected chi connectivity index (χ3v) is 6.85. The van der Waals surface area contributed by atoms with Crippen LogP contribution in [0.2, 0.25) is 0 Å². The summed E-state index contributed by atoms with van der Waals surface area (Å²) in [5, 5.41) is 0. The minimum Gasteiger partial charge on any atom is -0.382 e. The highest BCUT2D eigenvalue weighted by molar-refractivity contribution is 7.86. The molecule has 0 aliphatic rings. The summed E-state index contributed by atoms with van der Waals surface area (Å²) in [5.41, 5.74) is 3.86. The van der Waals surface area contributed by atoms with Gasteiger partial charge in [0.15, 0.2) is 0 Å². The topological polar surface area (TPSA) is 52.6 Å². The van der Waals surface area contributed by atoms with E-state index in [4.69, 9.17) is 8.92 Å². The van der Waals surface area contributed by atoms with Crippen LogP contribution in [0.15, 0.2) is 53.4 Å². The normalized spacial score (nSPS) is 15.1. The summed E-state index contributed by atoms with van der Waals surface area (Å²) >= 11 is 0. The Bertz CT molecular complexity index is 841. The molecular formula is C24H34O4S. The van der Waals surface area contributed by atoms with Gasteiger partial charge in [0, 0.05) is 7.11 Å². The van der Waals surface area contributed by atoms with Crippen LogP contribution < -0.4 is 0 Å². The number of hydrogen-bond donors (Lipinski definition) is 0. The third kappa shape index (κ3) is 6.66. The Kier molecular flexibility index (Phi) is 8.87. The lowest BCUT2D eigenvalue weighted by Crippen LogP contribution is -2.20. The maximum absolute atomic E-state index is 12.4. The van der Waals surface area contributed by atoms with Crippen LogP contribution in [0.5, 0.6) is 0 Å². The molecule has 4 nitrogen and oxygen atoms in total. The van der Waals surface area contributed by atoms with E-state index in [2.05, 4.69) is 45.0 Å². The van der Waals surface area contributed by atoms with E-state index in [1.54, 1.807) is 19.1 Å². The summed E-state index contributed by atoms with van der Waals surface area (Å²) in [6.07, 6.45) is 2.56. The molecule has 0 aliphatic carbocycles. The molecule has 3 unspecified atom stereocenters. The van der Waals surface area contributed by atoms with Crippen LogP contribution in [0.3, 0.4) is 0 Å². The van der Waals surface area contributed by atoms with Gasteiger partial charge >= 0.3 is 0 Å². The van der Waals surface area contributed by atoms with Crippen LogP contribution in [0.25, 0.3) is 0 Å². The van der Waals surface area contributed by atoms with Crippen LogP contribution in [0, 0.1) is 0 Å². The smallest absolute Gasteiger partial charge is 0.297 e. The summed E-state index contributed by atoms with van der Waals surface area (Å²) in [7, 11) is -2.26. The number of hydrogen-bond acceptors (Lipinski definition) is 4. The van der Waals surface area contributed by atoms with Crippen molar-refractivity contribution in [3.05, 3.63) is 65.2 Å². The fourth-order valence-corrected chi connectivity index (χ4v) is 4.69. The van der Waals surface area contributed by atoms with Crippen molar-refractivity contribution < 1.29 is 17.3 Å². The predicted octanol–water partition coefficient (Wildman–Crippen LogP) is 5.68. The third-order valence-electron chi connectivity index (χ3n) is 5.42. The molecule has 0 fully saturated rings. The molecule has 5 heteroatoms. The minimum absolute atomic E-state index is 0.183. The van der Waals surface area contributed by atoms with Crippen molar-refractivity contribution in [2.24, 2.45) is 0 Å². The van der Waals surface area contributed by atoms with Crippen molar-refractivity contribution in [1.82, 2.24) is 0 Å². The Morgan fingerprint density at radius 3 is 2.00 bits per heavy atom. The number of methoxy groups -OCH3 is 1. The van der Waals surface area contributed by atoms with Crippen molar-refractivity contribution in [3.8, 4) is 0 Å². The molecule has 2 aromatic rings. The quantitative estimate of drug-likeness (QED) is 0.441. The predicted molar refractivity (Wildman–Crippen MR) is 118 cm³/mol. The molecule has 0 saturated heterocycles. The molecule has 0 amide bonds. The van der Waals surface area contributed by atoms with Crippen molar-refractivity contribution in [2.45, 2.75) is 69.8 Å². The van der Waals surface area contributed by atoms with Gasteiger partial charge in [-0.05, 0) is 66.8 Å². The summed E-state index contributed by atoms with van der Waals surface area (Å²) in [4.78, 5) is 0.183. The molecule has 2 rings (SSSR count). The average Bonchev–Trinajstić information content (AvgIpc) is 2.71. The van der Waals surface area contributed by atoms with Crippen molar-refractivity contribution >= 4 is 10.1 Å². The van der Waals surface area contributed by atoms with Gasteiger partial charge in [-0.3, -0.25) is 4.18 Å². The lowest BCUT2D eigenvalue weighted by molar-refractivity contribution is 0.0962. The van der Waals surface area contributed by atoms with Gasteiger partial charge in [0.1, 0.15) is 0 Å². The summed E-state index contributed by atoms with van der Waals surface area (Å²) in [5.74, 6) is 0.813. The molecule has 0 aromatic heterocycles. The number of benzene rings is 2. The zero-order chi connectivity index (χ0) is 21.4. The van der Waals surface area contributed by atoms with Gasteiger partial charge in [0.25, 0.3) is 10.1 Å². The van der Waals surface area contributed by atoms with Crippen LogP contribution in [-0.2, 0) is 25.5 Å². The van der Waals surface area contributed by atoms with Gasteiger partial charge < -0.3 is 4.74 Å². The Labute approximate surface area is 176 Å². The Hall–Kier alpha value is -1.69. The fourth-order valence-electron chi connectivity index (χ4n) is 3.62. The van der Waals surface area contributed by atoms with E-state index >= 15 is 0 Å². The van der Waals surface area contributed by atoms with Crippen molar-refractivity contribution in [1.29, 1.82) is 0 Å². The molecule has 0 saturated carbocycles. The van der Waals surface area contributed by atoms with Gasteiger partial charge in [-0.15, -0.1) is 0 Å². The molecule has 0 bridgehead atoms. The first kappa shape index (κ1) is 23.6. The van der Waals surface area contributed by atoms with Gasteiger partial charge in [-0.1, -0.05) is 57.2 Å². The molecule has 0 heterocycles. The van der Waals surface area contributed by atoms with Crippen LogP contribution in [-0.4, -0.2) is 28.2 Å². The molecule has 160 valence electrons. The zero-order valence-corrected chi connectivity index (χ0v) is 19.0. The first-order chi connectivity index (χ1) is 13.8. The van der Waals surface area contributed by atoms with E-state index in [1.807, 2.05) is 12.1 Å². The van der Waals surface area contributed by atoms with Crippen molar-refractivity contribution in [3.63, 3.8) is 0 Å². The number of rotatable bonds is 11. The Morgan fingerprint density at radius 1 is 0.897 bits per heavy atom. The molecule has 0 radical (unpaired) electrons. The lowest BCUT2D eigenvalue weighted by atomic mass is 9.84. The van der Waals surface area contributed by atoms with Gasteiger partial charge in [-0.2, -0.15) is 8.42 Å². The number of aryl methyl sites for hydroxylation is 1. The van der Waals surface area contributed by atoms with Gasteiger partial charge in [0.05, 0.1) is 17.6 Å². The summed E-state index contributed by atoms with van der Waals surface area (Å²) in [6, 6.07) is 16.0. The highest BCUT2D eigenvalue weighted by Gasteiger charge is 2.20. The van der Waals surface area contributed by atoms with E-state index in [0.717, 1.165) is 24.8 Å². The minimum atomic E-state index is -3.78. The Balaban J connectivity index is 2.09. The average molecular weight is 419 g/mol. The second-order valence-electron chi connectivity index (χ2n) is 7.72. The standard InChI is InChI=1S/C24H34O4S/c1-6-20-8-10-22(11-9-20)18(3)16-21(7-2)23-12-14-24(15-13-23)29(25,26)28-19(4)17-27-5/h8-15,18-19,21H,6-7,16-17H2,1-5H3. The summed E-state index contributed by atoms with van der Waals surface area (Å²) in [6.45, 7) is 8.51. The molecule has 29 heavy (non-hydrogen) atoms. The molecule has 3 atom stereocenters. The van der Waals surface area contributed by atoms with E-state index in [9.17, 15) is 8.42 Å². The highest BCUT2D eigenvalue weighted by atomic mass is 32.2. The lowest BCUT2D eigenvalue weighted by Gasteiger charge is -2.21. The monoisotopic (exact) mass is 418 g/mol. The van der Waals surface area contributed by atoms with E-state index in [-0.39, 0.29) is 11.5 Å². The van der Waals surface area contributed by atoms with E-state index in [1.165, 1.54) is 18.2 Å². The first-order valence-corrected chi connectivity index (χ1v) is 11.8. The van der Waals surface area contributed by atoms with Gasteiger partial charge in [0.2, 0.25) is 0 Å². The molecule has 0 spiro atoms. The van der Waals surface area contributed by atoms with Crippen molar-refractivity contribution in [2.75, 3.05) is 13.7 Å². The second-order valence-corrected chi connectivity index (χ2v) is 9.29. The maximum atomic E-state index is 12.4. The highest BCUT2D eigenvalue weighted by Crippen LogP contribution is 2.32. The van der Waals surface area contributed by atoms with Crippen LogP contribution >= 0.6 is 0 Å². The maximum Gasteiger partial charge on any atom is 0.297 e. The fraction of sp³-hybridized carbons (Fsp3) is 0.500. The van der Waals surface area contributed by atoms with Crippen LogP contribution in [0.4, 0.5) is 0 Å². The SMILES string of the molecule is CCc1ccc(C(C)CC(CC)c2ccc(S(=O)(=O)OC(C)COC)cc2)cc1. The second kappa shape index (κ2) is 10.9. The first-order valence-electron chi connectivity index (χ1n) is 10.4.